The lowest BCUT2D eigenvalue weighted by Gasteiger charge is -2.28. The lowest BCUT2D eigenvalue weighted by atomic mass is 10.1. The second-order valence-corrected chi connectivity index (χ2v) is 7.90. The molecule has 0 amide bonds. The van der Waals surface area contributed by atoms with Crippen LogP contribution in [-0.2, 0) is 7.05 Å². The summed E-state index contributed by atoms with van der Waals surface area (Å²) in [7, 11) is 1.90. The summed E-state index contributed by atoms with van der Waals surface area (Å²) in [4.78, 5) is 15.4. The van der Waals surface area contributed by atoms with Crippen LogP contribution >= 0.6 is 0 Å². The van der Waals surface area contributed by atoms with Crippen molar-refractivity contribution in [3.05, 3.63) is 42.9 Å². The van der Waals surface area contributed by atoms with Gasteiger partial charge in [0, 0.05) is 37.3 Å². The normalized spacial score (nSPS) is 14.8. The highest BCUT2D eigenvalue weighted by Crippen LogP contribution is 2.32. The maximum atomic E-state index is 4.97. The fraction of sp³-hybridized carbons (Fsp3) is 0.273. The molecule has 5 aromatic rings. The third-order valence-electron chi connectivity index (χ3n) is 5.86. The molecule has 1 aliphatic rings. The zero-order valence-electron chi connectivity index (χ0n) is 16.8. The maximum absolute atomic E-state index is 4.97. The van der Waals surface area contributed by atoms with E-state index in [1.165, 1.54) is 24.9 Å². The first-order valence-electron chi connectivity index (χ1n) is 10.3. The van der Waals surface area contributed by atoms with Crippen LogP contribution in [0.15, 0.2) is 42.9 Å². The molecule has 8 heteroatoms. The van der Waals surface area contributed by atoms with Gasteiger partial charge >= 0.3 is 0 Å². The van der Waals surface area contributed by atoms with E-state index in [1.807, 2.05) is 31.7 Å². The van der Waals surface area contributed by atoms with E-state index < -0.39 is 0 Å². The van der Waals surface area contributed by atoms with E-state index in [-0.39, 0.29) is 0 Å². The van der Waals surface area contributed by atoms with Crippen LogP contribution < -0.4 is 4.90 Å². The van der Waals surface area contributed by atoms with Crippen molar-refractivity contribution >= 4 is 27.6 Å². The Bertz CT molecular complexity index is 1350. The molecule has 150 valence electrons. The number of imidazole rings is 1. The van der Waals surface area contributed by atoms with Crippen LogP contribution in [0.1, 0.15) is 19.3 Å². The van der Waals surface area contributed by atoms with E-state index in [0.29, 0.717) is 0 Å². The highest BCUT2D eigenvalue weighted by atomic mass is 15.2. The molecular formula is C22H22N8. The van der Waals surface area contributed by atoms with Gasteiger partial charge in [-0.25, -0.2) is 4.98 Å². The Morgan fingerprint density at radius 1 is 1.03 bits per heavy atom. The summed E-state index contributed by atoms with van der Waals surface area (Å²) in [6, 6.07) is 8.40. The predicted octanol–water partition coefficient (Wildman–Crippen LogP) is 3.89. The van der Waals surface area contributed by atoms with Crippen LogP contribution in [0.4, 0.5) is 5.69 Å². The quantitative estimate of drug-likeness (QED) is 0.481. The van der Waals surface area contributed by atoms with E-state index in [0.717, 1.165) is 57.8 Å². The Hall–Kier alpha value is -3.68. The molecule has 1 aliphatic heterocycles. The summed E-state index contributed by atoms with van der Waals surface area (Å²) >= 11 is 0. The van der Waals surface area contributed by atoms with Gasteiger partial charge in [0.1, 0.15) is 11.2 Å². The summed E-state index contributed by atoms with van der Waals surface area (Å²) in [5, 5.41) is 12.9. The Morgan fingerprint density at radius 3 is 2.77 bits per heavy atom. The number of hydrogen-bond acceptors (Lipinski definition) is 5. The van der Waals surface area contributed by atoms with Crippen molar-refractivity contribution in [2.75, 3.05) is 18.0 Å². The van der Waals surface area contributed by atoms with E-state index in [2.05, 4.69) is 48.4 Å². The smallest absolute Gasteiger partial charge is 0.159 e. The number of nitrogens with one attached hydrogen (secondary N) is 2. The van der Waals surface area contributed by atoms with Gasteiger partial charge in [-0.3, -0.25) is 14.8 Å². The molecule has 8 nitrogen and oxygen atoms in total. The number of fused-ring (bicyclic) bond motifs is 2. The number of pyridine rings is 1. The minimum absolute atomic E-state index is 0.768. The number of nitrogens with zero attached hydrogens (tertiary/aromatic N) is 6. The largest absolute Gasteiger partial charge is 0.370 e. The first kappa shape index (κ1) is 17.2. The van der Waals surface area contributed by atoms with Gasteiger partial charge in [-0.1, -0.05) is 6.07 Å². The molecule has 6 rings (SSSR count). The number of benzene rings is 1. The van der Waals surface area contributed by atoms with Gasteiger partial charge in [-0.2, -0.15) is 10.2 Å². The lowest BCUT2D eigenvalue weighted by Crippen LogP contribution is -2.29. The molecule has 30 heavy (non-hydrogen) atoms. The molecule has 0 saturated carbocycles. The van der Waals surface area contributed by atoms with Crippen molar-refractivity contribution in [1.82, 2.24) is 34.9 Å². The van der Waals surface area contributed by atoms with Crippen molar-refractivity contribution in [2.24, 2.45) is 7.05 Å². The fourth-order valence-corrected chi connectivity index (χ4v) is 4.33. The number of piperidine rings is 1. The Labute approximate surface area is 173 Å². The minimum Gasteiger partial charge on any atom is -0.370 e. The van der Waals surface area contributed by atoms with Gasteiger partial charge in [0.15, 0.2) is 5.82 Å². The summed E-state index contributed by atoms with van der Waals surface area (Å²) in [6.45, 7) is 2.18. The standard InChI is InChI=1S/C22H22N8/c1-29-13-14(11-24-29)17-10-15-18(12-23-17)27-28-20(15)22-25-16-6-5-7-19(21(16)26-22)30-8-3-2-4-9-30/h5-7,10-13H,2-4,8-9H2,1H3,(H,25,26)(H,27,28). The van der Waals surface area contributed by atoms with Gasteiger partial charge in [0.25, 0.3) is 0 Å². The molecule has 0 radical (unpaired) electrons. The molecule has 1 fully saturated rings. The van der Waals surface area contributed by atoms with Crippen LogP contribution in [0.25, 0.3) is 44.7 Å². The number of aromatic amines is 2. The van der Waals surface area contributed by atoms with Crippen LogP contribution in [0, 0.1) is 0 Å². The van der Waals surface area contributed by atoms with Crippen molar-refractivity contribution in [2.45, 2.75) is 19.3 Å². The topological polar surface area (TPSA) is 91.3 Å². The zero-order valence-corrected chi connectivity index (χ0v) is 16.8. The van der Waals surface area contributed by atoms with Crippen molar-refractivity contribution in [3.8, 4) is 22.8 Å². The molecule has 0 bridgehead atoms. The highest BCUT2D eigenvalue weighted by Gasteiger charge is 2.19. The molecule has 4 aromatic heterocycles. The molecule has 1 saturated heterocycles. The second-order valence-electron chi connectivity index (χ2n) is 7.90. The van der Waals surface area contributed by atoms with E-state index >= 15 is 0 Å². The Kier molecular flexibility index (Phi) is 3.83. The summed E-state index contributed by atoms with van der Waals surface area (Å²) in [5.41, 5.74) is 6.77. The minimum atomic E-state index is 0.768. The zero-order chi connectivity index (χ0) is 20.1. The fourth-order valence-electron chi connectivity index (χ4n) is 4.33. The summed E-state index contributed by atoms with van der Waals surface area (Å²) in [6.07, 6.45) is 9.38. The number of rotatable bonds is 3. The third-order valence-corrected chi connectivity index (χ3v) is 5.86. The summed E-state index contributed by atoms with van der Waals surface area (Å²) in [5.74, 6) is 0.768. The van der Waals surface area contributed by atoms with Gasteiger partial charge in [-0.15, -0.1) is 0 Å². The number of anilines is 1. The number of H-pyrrole nitrogens is 2. The van der Waals surface area contributed by atoms with Gasteiger partial charge in [0.05, 0.1) is 34.8 Å². The molecule has 1 aromatic carbocycles. The van der Waals surface area contributed by atoms with Gasteiger partial charge < -0.3 is 9.88 Å². The number of aromatic nitrogens is 7. The molecule has 0 aliphatic carbocycles. The van der Waals surface area contributed by atoms with Crippen LogP contribution in [0.2, 0.25) is 0 Å². The second kappa shape index (κ2) is 6.69. The first-order chi connectivity index (χ1) is 14.8. The molecule has 2 N–H and O–H groups in total. The Balaban J connectivity index is 1.47. The average Bonchev–Trinajstić information content (AvgIpc) is 3.50. The van der Waals surface area contributed by atoms with E-state index in [1.54, 1.807) is 4.68 Å². The summed E-state index contributed by atoms with van der Waals surface area (Å²) < 4.78 is 1.78. The maximum Gasteiger partial charge on any atom is 0.159 e. The molecule has 0 unspecified atom stereocenters. The first-order valence-corrected chi connectivity index (χ1v) is 10.3. The predicted molar refractivity (Wildman–Crippen MR) is 117 cm³/mol. The Morgan fingerprint density at radius 2 is 1.93 bits per heavy atom. The number of aryl methyl sites for hydroxylation is 1. The molecule has 5 heterocycles. The molecular weight excluding hydrogens is 376 g/mol. The third kappa shape index (κ3) is 2.75. The van der Waals surface area contributed by atoms with E-state index in [4.69, 9.17) is 4.98 Å². The van der Waals surface area contributed by atoms with Crippen LogP contribution in [0.5, 0.6) is 0 Å². The average molecular weight is 398 g/mol. The molecule has 0 spiro atoms. The number of hydrogen-bond donors (Lipinski definition) is 2. The number of para-hydroxylation sites is 1. The van der Waals surface area contributed by atoms with E-state index in [9.17, 15) is 0 Å². The lowest BCUT2D eigenvalue weighted by molar-refractivity contribution is 0.579. The SMILES string of the molecule is Cn1cc(-c2cc3c(-c4nc5c(N6CCCCC6)cccc5[nH]4)n[nH]c3cn2)cn1. The molecule has 0 atom stereocenters. The van der Waals surface area contributed by atoms with Crippen molar-refractivity contribution in [3.63, 3.8) is 0 Å². The van der Waals surface area contributed by atoms with Crippen molar-refractivity contribution in [1.29, 1.82) is 0 Å². The van der Waals surface area contributed by atoms with Crippen LogP contribution in [0.3, 0.4) is 0 Å². The van der Waals surface area contributed by atoms with Crippen molar-refractivity contribution < 1.29 is 0 Å². The van der Waals surface area contributed by atoms with Crippen LogP contribution in [-0.4, -0.2) is 48.0 Å². The van der Waals surface area contributed by atoms with Gasteiger partial charge in [-0.05, 0) is 37.5 Å². The monoisotopic (exact) mass is 398 g/mol. The van der Waals surface area contributed by atoms with Gasteiger partial charge in [0.2, 0.25) is 0 Å². The highest BCUT2D eigenvalue weighted by molar-refractivity contribution is 5.96.